The number of aromatic nitrogens is 1. The molecule has 1 aromatic carbocycles. The van der Waals surface area contributed by atoms with E-state index in [4.69, 9.17) is 9.47 Å². The first-order valence-corrected chi connectivity index (χ1v) is 7.74. The van der Waals surface area contributed by atoms with Crippen molar-refractivity contribution in [2.24, 2.45) is 0 Å². The van der Waals surface area contributed by atoms with E-state index in [9.17, 15) is 23.2 Å². The third-order valence-electron chi connectivity index (χ3n) is 3.37. The number of nitrogens with zero attached hydrogens (tertiary/aromatic N) is 2. The number of alkyl halides is 3. The first kappa shape index (κ1) is 19.2. The first-order chi connectivity index (χ1) is 12.3. The van der Waals surface area contributed by atoms with Gasteiger partial charge in [0.1, 0.15) is 11.6 Å². The summed E-state index contributed by atoms with van der Waals surface area (Å²) in [6, 6.07) is 7.39. The highest BCUT2D eigenvalue weighted by Gasteiger charge is 2.30. The first-order valence-electron chi connectivity index (χ1n) is 7.74. The van der Waals surface area contributed by atoms with Gasteiger partial charge in [0, 0.05) is 5.56 Å². The number of hydrogen-bond acceptors (Lipinski definition) is 5. The Hall–Kier alpha value is -3.08. The predicted molar refractivity (Wildman–Crippen MR) is 86.5 cm³/mol. The van der Waals surface area contributed by atoms with E-state index in [-0.39, 0.29) is 35.9 Å². The Morgan fingerprint density at radius 1 is 1.19 bits per heavy atom. The molecule has 5 nitrogen and oxygen atoms in total. The largest absolute Gasteiger partial charge is 0.477 e. The molecule has 0 fully saturated rings. The Bertz CT molecular complexity index is 840. The number of nitriles is 1. The SMILES string of the molecule is CCOC(=O)c1cc(C#N)c(-c2ccc(C(F)(F)F)cc2)nc1OCC. The van der Waals surface area contributed by atoms with Crippen molar-refractivity contribution in [2.45, 2.75) is 20.0 Å². The molecule has 8 heteroatoms. The van der Waals surface area contributed by atoms with E-state index >= 15 is 0 Å². The Labute approximate surface area is 148 Å². The Morgan fingerprint density at radius 2 is 1.85 bits per heavy atom. The van der Waals surface area contributed by atoms with Crippen molar-refractivity contribution in [3.63, 3.8) is 0 Å². The van der Waals surface area contributed by atoms with Gasteiger partial charge in [-0.15, -0.1) is 0 Å². The minimum atomic E-state index is -4.46. The van der Waals surface area contributed by atoms with E-state index in [0.717, 1.165) is 12.1 Å². The molecule has 0 radical (unpaired) electrons. The van der Waals surface area contributed by atoms with Gasteiger partial charge in [-0.3, -0.25) is 0 Å². The van der Waals surface area contributed by atoms with Gasteiger partial charge in [0.15, 0.2) is 0 Å². The Kier molecular flexibility index (Phi) is 5.82. The molecule has 0 unspecified atom stereocenters. The number of rotatable bonds is 5. The fourth-order valence-electron chi connectivity index (χ4n) is 2.22. The van der Waals surface area contributed by atoms with Gasteiger partial charge in [-0.1, -0.05) is 12.1 Å². The van der Waals surface area contributed by atoms with Crippen LogP contribution in [0.15, 0.2) is 30.3 Å². The lowest BCUT2D eigenvalue weighted by Gasteiger charge is -2.13. The van der Waals surface area contributed by atoms with Crippen LogP contribution in [0.25, 0.3) is 11.3 Å². The van der Waals surface area contributed by atoms with Gasteiger partial charge in [0.05, 0.1) is 30.0 Å². The van der Waals surface area contributed by atoms with Gasteiger partial charge in [0.25, 0.3) is 0 Å². The number of ether oxygens (including phenoxy) is 2. The number of carbonyl (C=O) groups is 1. The smallest absolute Gasteiger partial charge is 0.416 e. The third-order valence-corrected chi connectivity index (χ3v) is 3.37. The number of carbonyl (C=O) groups excluding carboxylic acids is 1. The average Bonchev–Trinajstić information content (AvgIpc) is 2.61. The Balaban J connectivity index is 2.56. The topological polar surface area (TPSA) is 72.2 Å². The van der Waals surface area contributed by atoms with Crippen LogP contribution in [0.1, 0.15) is 35.3 Å². The number of esters is 1. The predicted octanol–water partition coefficient (Wildman–Crippen LogP) is 4.21. The van der Waals surface area contributed by atoms with Crippen LogP contribution < -0.4 is 4.74 Å². The number of hydrogen-bond donors (Lipinski definition) is 0. The zero-order chi connectivity index (χ0) is 19.3. The number of benzene rings is 1. The van der Waals surface area contributed by atoms with Crippen LogP contribution in [0.4, 0.5) is 13.2 Å². The van der Waals surface area contributed by atoms with Crippen molar-refractivity contribution >= 4 is 5.97 Å². The summed E-state index contributed by atoms with van der Waals surface area (Å²) in [5.74, 6) is -0.737. The molecule has 0 saturated carbocycles. The van der Waals surface area contributed by atoms with Crippen molar-refractivity contribution < 1.29 is 27.4 Å². The molecule has 0 aliphatic rings. The highest BCUT2D eigenvalue weighted by atomic mass is 19.4. The molecule has 2 rings (SSSR count). The molecule has 0 saturated heterocycles. The van der Waals surface area contributed by atoms with Crippen molar-refractivity contribution in [1.82, 2.24) is 4.98 Å². The van der Waals surface area contributed by atoms with Crippen LogP contribution in [-0.2, 0) is 10.9 Å². The van der Waals surface area contributed by atoms with Gasteiger partial charge < -0.3 is 9.47 Å². The maximum absolute atomic E-state index is 12.7. The summed E-state index contributed by atoms with van der Waals surface area (Å²) >= 11 is 0. The van der Waals surface area contributed by atoms with Crippen LogP contribution >= 0.6 is 0 Å². The number of pyridine rings is 1. The molecule has 0 N–H and O–H groups in total. The van der Waals surface area contributed by atoms with Crippen molar-refractivity contribution in [3.05, 3.63) is 47.0 Å². The lowest BCUT2D eigenvalue weighted by atomic mass is 10.0. The summed E-state index contributed by atoms with van der Waals surface area (Å²) in [6.45, 7) is 3.66. The minimum absolute atomic E-state index is 0.0130. The van der Waals surface area contributed by atoms with Crippen LogP contribution in [0, 0.1) is 11.3 Å². The summed E-state index contributed by atoms with van der Waals surface area (Å²) in [5, 5.41) is 9.36. The van der Waals surface area contributed by atoms with Gasteiger partial charge in [-0.2, -0.15) is 18.4 Å². The molecule has 136 valence electrons. The maximum Gasteiger partial charge on any atom is 0.416 e. The zero-order valence-electron chi connectivity index (χ0n) is 14.1. The molecule has 0 amide bonds. The highest BCUT2D eigenvalue weighted by Crippen LogP contribution is 2.32. The number of halogens is 3. The van der Waals surface area contributed by atoms with Crippen LogP contribution in [0.5, 0.6) is 5.88 Å². The van der Waals surface area contributed by atoms with E-state index in [1.807, 2.05) is 6.07 Å². The molecule has 1 aromatic heterocycles. The molecular formula is C18H15F3N2O3. The fourth-order valence-corrected chi connectivity index (χ4v) is 2.22. The van der Waals surface area contributed by atoms with Crippen molar-refractivity contribution in [1.29, 1.82) is 5.26 Å². The van der Waals surface area contributed by atoms with Gasteiger partial charge in [-0.05, 0) is 32.0 Å². The molecule has 26 heavy (non-hydrogen) atoms. The van der Waals surface area contributed by atoms with Gasteiger partial charge >= 0.3 is 12.1 Å². The monoisotopic (exact) mass is 364 g/mol. The quantitative estimate of drug-likeness (QED) is 0.743. The molecule has 0 aliphatic carbocycles. The Morgan fingerprint density at radius 3 is 2.35 bits per heavy atom. The summed E-state index contributed by atoms with van der Waals surface area (Å²) < 4.78 is 48.4. The van der Waals surface area contributed by atoms with Crippen LogP contribution in [0.3, 0.4) is 0 Å². The molecule has 0 spiro atoms. The summed E-state index contributed by atoms with van der Waals surface area (Å²) in [5.41, 5.74) is -0.381. The molecule has 0 aliphatic heterocycles. The fraction of sp³-hybridized carbons (Fsp3) is 0.278. The highest BCUT2D eigenvalue weighted by molar-refractivity contribution is 5.93. The van der Waals surface area contributed by atoms with Gasteiger partial charge in [0.2, 0.25) is 5.88 Å². The molecular weight excluding hydrogens is 349 g/mol. The maximum atomic E-state index is 12.7. The summed E-state index contributed by atoms with van der Waals surface area (Å²) in [6.07, 6.45) is -4.46. The average molecular weight is 364 g/mol. The second kappa shape index (κ2) is 7.87. The normalized spacial score (nSPS) is 10.9. The minimum Gasteiger partial charge on any atom is -0.477 e. The molecule has 0 bridgehead atoms. The third kappa shape index (κ3) is 4.11. The molecule has 1 heterocycles. The zero-order valence-corrected chi connectivity index (χ0v) is 14.1. The lowest BCUT2D eigenvalue weighted by Crippen LogP contribution is -2.11. The van der Waals surface area contributed by atoms with E-state index in [0.29, 0.717) is 5.56 Å². The summed E-state index contributed by atoms with van der Waals surface area (Å²) in [7, 11) is 0. The van der Waals surface area contributed by atoms with E-state index in [2.05, 4.69) is 4.98 Å². The van der Waals surface area contributed by atoms with Gasteiger partial charge in [-0.25, -0.2) is 9.78 Å². The molecule has 2 aromatic rings. The lowest BCUT2D eigenvalue weighted by molar-refractivity contribution is -0.137. The van der Waals surface area contributed by atoms with Crippen LogP contribution in [-0.4, -0.2) is 24.2 Å². The van der Waals surface area contributed by atoms with Crippen LogP contribution in [0.2, 0.25) is 0 Å². The van der Waals surface area contributed by atoms with Crippen molar-refractivity contribution in [2.75, 3.05) is 13.2 Å². The standard InChI is InChI=1S/C18H15F3N2O3/c1-3-25-16-14(17(24)26-4-2)9-12(10-22)15(23-16)11-5-7-13(8-6-11)18(19,20)21/h5-9H,3-4H2,1-2H3. The van der Waals surface area contributed by atoms with E-state index < -0.39 is 17.7 Å². The summed E-state index contributed by atoms with van der Waals surface area (Å²) in [4.78, 5) is 16.2. The molecule has 0 atom stereocenters. The van der Waals surface area contributed by atoms with Crippen molar-refractivity contribution in [3.8, 4) is 23.2 Å². The van der Waals surface area contributed by atoms with E-state index in [1.54, 1.807) is 13.8 Å². The second-order valence-electron chi connectivity index (χ2n) is 5.08. The van der Waals surface area contributed by atoms with E-state index in [1.165, 1.54) is 18.2 Å². The second-order valence-corrected chi connectivity index (χ2v) is 5.08.